The van der Waals surface area contributed by atoms with Crippen LogP contribution in [0.1, 0.15) is 21.5 Å². The molecular weight excluding hydrogens is 316 g/mol. The third-order valence-electron chi connectivity index (χ3n) is 3.41. The quantitative estimate of drug-likeness (QED) is 0.753. The first-order valence-electron chi connectivity index (χ1n) is 7.00. The summed E-state index contributed by atoms with van der Waals surface area (Å²) in [6.07, 6.45) is 0. The van der Waals surface area contributed by atoms with E-state index in [4.69, 9.17) is 11.6 Å². The molecule has 2 amide bonds. The van der Waals surface area contributed by atoms with E-state index in [2.05, 4.69) is 10.6 Å². The van der Waals surface area contributed by atoms with Gasteiger partial charge in [0.1, 0.15) is 5.75 Å². The first-order valence-corrected chi connectivity index (χ1v) is 7.38. The predicted octanol–water partition coefficient (Wildman–Crippen LogP) is 3.03. The number of nitrogens with one attached hydrogen (secondary N) is 2. The number of carbonyl (C=O) groups is 2. The Hall–Kier alpha value is -2.53. The molecular formula is C17H17ClN2O3. The molecule has 2 rings (SSSR count). The van der Waals surface area contributed by atoms with Crippen molar-refractivity contribution in [2.45, 2.75) is 13.8 Å². The maximum atomic E-state index is 12.0. The minimum Gasteiger partial charge on any atom is -0.506 e. The highest BCUT2D eigenvalue weighted by Crippen LogP contribution is 2.26. The van der Waals surface area contributed by atoms with Crippen LogP contribution in [-0.4, -0.2) is 23.5 Å². The number of halogens is 1. The van der Waals surface area contributed by atoms with Gasteiger partial charge in [0.2, 0.25) is 5.91 Å². The summed E-state index contributed by atoms with van der Waals surface area (Å²) in [6.45, 7) is 3.67. The van der Waals surface area contributed by atoms with Gasteiger partial charge in [0.25, 0.3) is 5.91 Å². The molecule has 23 heavy (non-hydrogen) atoms. The SMILES string of the molecule is Cc1ccc(C(=O)NCC(=O)Nc2cc(Cl)ccc2O)cc1C. The minimum atomic E-state index is -0.459. The average molecular weight is 333 g/mol. The summed E-state index contributed by atoms with van der Waals surface area (Å²) in [5, 5.41) is 15.0. The Kier molecular flexibility index (Phi) is 5.24. The Morgan fingerprint density at radius 1 is 1.09 bits per heavy atom. The van der Waals surface area contributed by atoms with E-state index in [1.807, 2.05) is 19.9 Å². The third-order valence-corrected chi connectivity index (χ3v) is 3.65. The fourth-order valence-electron chi connectivity index (χ4n) is 1.95. The van der Waals surface area contributed by atoms with Gasteiger partial charge in [-0.05, 0) is 55.3 Å². The molecule has 0 bridgehead atoms. The summed E-state index contributed by atoms with van der Waals surface area (Å²) in [5.74, 6) is -0.887. The highest BCUT2D eigenvalue weighted by Gasteiger charge is 2.11. The van der Waals surface area contributed by atoms with E-state index in [0.29, 0.717) is 10.6 Å². The molecule has 0 heterocycles. The molecule has 0 atom stereocenters. The van der Waals surface area contributed by atoms with Crippen LogP contribution in [-0.2, 0) is 4.79 Å². The summed E-state index contributed by atoms with van der Waals surface area (Å²) >= 11 is 5.80. The second-order valence-electron chi connectivity index (χ2n) is 5.19. The number of carbonyl (C=O) groups excluding carboxylic acids is 2. The number of hydrogen-bond donors (Lipinski definition) is 3. The number of aromatic hydroxyl groups is 1. The largest absolute Gasteiger partial charge is 0.506 e. The maximum absolute atomic E-state index is 12.0. The smallest absolute Gasteiger partial charge is 0.251 e. The van der Waals surface area contributed by atoms with E-state index in [9.17, 15) is 14.7 Å². The zero-order valence-corrected chi connectivity index (χ0v) is 13.6. The van der Waals surface area contributed by atoms with Gasteiger partial charge in [0.05, 0.1) is 12.2 Å². The number of benzene rings is 2. The molecule has 6 heteroatoms. The zero-order valence-electron chi connectivity index (χ0n) is 12.8. The second-order valence-corrected chi connectivity index (χ2v) is 5.63. The van der Waals surface area contributed by atoms with Crippen molar-refractivity contribution in [3.63, 3.8) is 0 Å². The molecule has 0 aromatic heterocycles. The summed E-state index contributed by atoms with van der Waals surface area (Å²) < 4.78 is 0. The van der Waals surface area contributed by atoms with E-state index >= 15 is 0 Å². The van der Waals surface area contributed by atoms with E-state index < -0.39 is 5.91 Å². The Balaban J connectivity index is 1.94. The average Bonchev–Trinajstić information content (AvgIpc) is 2.51. The molecule has 3 N–H and O–H groups in total. The van der Waals surface area contributed by atoms with E-state index in [1.165, 1.54) is 18.2 Å². The molecule has 2 aromatic rings. The molecule has 5 nitrogen and oxygen atoms in total. The Labute approximate surface area is 139 Å². The van der Waals surface area contributed by atoms with E-state index in [0.717, 1.165) is 11.1 Å². The van der Waals surface area contributed by atoms with Gasteiger partial charge >= 0.3 is 0 Å². The van der Waals surface area contributed by atoms with Crippen molar-refractivity contribution in [3.05, 3.63) is 58.1 Å². The van der Waals surface area contributed by atoms with Gasteiger partial charge in [0.15, 0.2) is 0 Å². The number of aryl methyl sites for hydroxylation is 2. The van der Waals surface area contributed by atoms with E-state index in [-0.39, 0.29) is 23.9 Å². The first kappa shape index (κ1) is 16.8. The lowest BCUT2D eigenvalue weighted by Crippen LogP contribution is -2.32. The van der Waals surface area contributed by atoms with Crippen LogP contribution in [0.25, 0.3) is 0 Å². The van der Waals surface area contributed by atoms with Gasteiger partial charge in [0, 0.05) is 10.6 Å². The molecule has 0 aliphatic carbocycles. The summed E-state index contributed by atoms with van der Waals surface area (Å²) in [6, 6.07) is 9.65. The van der Waals surface area contributed by atoms with Gasteiger partial charge in [-0.15, -0.1) is 0 Å². The maximum Gasteiger partial charge on any atom is 0.251 e. The van der Waals surface area contributed by atoms with Crippen LogP contribution in [0.2, 0.25) is 5.02 Å². The number of anilines is 1. The van der Waals surface area contributed by atoms with Gasteiger partial charge < -0.3 is 15.7 Å². The lowest BCUT2D eigenvalue weighted by molar-refractivity contribution is -0.115. The van der Waals surface area contributed by atoms with E-state index in [1.54, 1.807) is 12.1 Å². The highest BCUT2D eigenvalue weighted by molar-refractivity contribution is 6.31. The standard InChI is InChI=1S/C17H17ClN2O3/c1-10-3-4-12(7-11(10)2)17(23)19-9-16(22)20-14-8-13(18)5-6-15(14)21/h3-8,21H,9H2,1-2H3,(H,19,23)(H,20,22). The lowest BCUT2D eigenvalue weighted by atomic mass is 10.1. The fourth-order valence-corrected chi connectivity index (χ4v) is 2.12. The summed E-state index contributed by atoms with van der Waals surface area (Å²) in [7, 11) is 0. The normalized spacial score (nSPS) is 10.2. The van der Waals surface area contributed by atoms with Crippen molar-refractivity contribution in [1.29, 1.82) is 0 Å². The number of phenolic OH excluding ortho intramolecular Hbond substituents is 1. The van der Waals surface area contributed by atoms with Crippen molar-refractivity contribution >= 4 is 29.1 Å². The number of phenols is 1. The van der Waals surface area contributed by atoms with Crippen LogP contribution < -0.4 is 10.6 Å². The molecule has 0 fully saturated rings. The molecule has 0 aliphatic heterocycles. The van der Waals surface area contributed by atoms with Crippen LogP contribution >= 0.6 is 11.6 Å². The predicted molar refractivity (Wildman–Crippen MR) is 90.0 cm³/mol. The molecule has 0 unspecified atom stereocenters. The molecule has 0 radical (unpaired) electrons. The molecule has 0 aliphatic rings. The molecule has 2 aromatic carbocycles. The third kappa shape index (κ3) is 4.47. The number of rotatable bonds is 4. The van der Waals surface area contributed by atoms with Gasteiger partial charge in [-0.25, -0.2) is 0 Å². The van der Waals surface area contributed by atoms with Crippen LogP contribution in [0.5, 0.6) is 5.75 Å². The molecule has 0 saturated heterocycles. The van der Waals surface area contributed by atoms with Crippen LogP contribution in [0.4, 0.5) is 5.69 Å². The molecule has 0 saturated carbocycles. The summed E-state index contributed by atoms with van der Waals surface area (Å²) in [5.41, 5.74) is 2.79. The minimum absolute atomic E-state index is 0.0942. The van der Waals surface area contributed by atoms with Crippen LogP contribution in [0, 0.1) is 13.8 Å². The van der Waals surface area contributed by atoms with Crippen LogP contribution in [0.3, 0.4) is 0 Å². The molecule has 0 spiro atoms. The summed E-state index contributed by atoms with van der Waals surface area (Å²) in [4.78, 5) is 23.9. The van der Waals surface area contributed by atoms with Crippen LogP contribution in [0.15, 0.2) is 36.4 Å². The van der Waals surface area contributed by atoms with Crippen molar-refractivity contribution in [2.24, 2.45) is 0 Å². The Morgan fingerprint density at radius 3 is 2.52 bits per heavy atom. The Morgan fingerprint density at radius 2 is 1.83 bits per heavy atom. The first-order chi connectivity index (χ1) is 10.9. The van der Waals surface area contributed by atoms with Gasteiger partial charge in [-0.3, -0.25) is 9.59 Å². The Bertz CT molecular complexity index is 759. The van der Waals surface area contributed by atoms with Gasteiger partial charge in [-0.2, -0.15) is 0 Å². The fraction of sp³-hybridized carbons (Fsp3) is 0.176. The topological polar surface area (TPSA) is 78.4 Å². The van der Waals surface area contributed by atoms with Crippen molar-refractivity contribution in [1.82, 2.24) is 5.32 Å². The number of amides is 2. The van der Waals surface area contributed by atoms with Crippen molar-refractivity contribution in [2.75, 3.05) is 11.9 Å². The van der Waals surface area contributed by atoms with Crippen molar-refractivity contribution in [3.8, 4) is 5.75 Å². The monoisotopic (exact) mass is 332 g/mol. The lowest BCUT2D eigenvalue weighted by Gasteiger charge is -2.09. The van der Waals surface area contributed by atoms with Gasteiger partial charge in [-0.1, -0.05) is 17.7 Å². The second kappa shape index (κ2) is 7.15. The highest BCUT2D eigenvalue weighted by atomic mass is 35.5. The number of hydrogen-bond acceptors (Lipinski definition) is 3. The molecule has 120 valence electrons. The zero-order chi connectivity index (χ0) is 17.0. The van der Waals surface area contributed by atoms with Crippen molar-refractivity contribution < 1.29 is 14.7 Å².